The van der Waals surface area contributed by atoms with Crippen LogP contribution in [0, 0.1) is 22.7 Å². The lowest BCUT2D eigenvalue weighted by Gasteiger charge is -2.20. The molecule has 0 atom stereocenters. The van der Waals surface area contributed by atoms with Crippen molar-refractivity contribution in [3.63, 3.8) is 0 Å². The monoisotopic (exact) mass is 830 g/mol. The Hall–Kier alpha value is -8.65. The largest absolute Gasteiger partial charge is 0.416 e. The SMILES string of the molecule is N#Cc1ccc(-n2c3ccccc3c3cc(-c4ccccc4)ccc32)c(-c2cc(-n3c4ccccc4c4cc(-c5ccccc5)ccc43)ccc2-c2ccc(C(F)(F)F)cc2C#N)c1. The third kappa shape index (κ3) is 6.30. The molecular formula is C57H33F3N4. The number of nitriles is 2. The molecule has 0 saturated heterocycles. The van der Waals surface area contributed by atoms with E-state index in [-0.39, 0.29) is 5.56 Å². The fourth-order valence-corrected chi connectivity index (χ4v) is 9.30. The van der Waals surface area contributed by atoms with Crippen molar-refractivity contribution in [3.8, 4) is 68.0 Å². The van der Waals surface area contributed by atoms with Crippen molar-refractivity contribution in [1.82, 2.24) is 9.13 Å². The van der Waals surface area contributed by atoms with Gasteiger partial charge < -0.3 is 9.13 Å². The molecule has 64 heavy (non-hydrogen) atoms. The summed E-state index contributed by atoms with van der Waals surface area (Å²) in [6, 6.07) is 68.9. The van der Waals surface area contributed by atoms with Gasteiger partial charge in [-0.05, 0) is 112 Å². The van der Waals surface area contributed by atoms with Crippen molar-refractivity contribution in [3.05, 3.63) is 217 Å². The summed E-state index contributed by atoms with van der Waals surface area (Å²) in [7, 11) is 0. The van der Waals surface area contributed by atoms with Gasteiger partial charge in [0.2, 0.25) is 0 Å². The number of halogens is 3. The first-order valence-electron chi connectivity index (χ1n) is 20.8. The molecule has 0 bridgehead atoms. The molecule has 0 spiro atoms. The molecule has 0 saturated carbocycles. The second-order valence-corrected chi connectivity index (χ2v) is 15.8. The van der Waals surface area contributed by atoms with E-state index in [1.165, 1.54) is 6.07 Å². The van der Waals surface area contributed by atoms with Crippen LogP contribution in [0.3, 0.4) is 0 Å². The minimum absolute atomic E-state index is 0.113. The number of hydrogen-bond donors (Lipinski definition) is 0. The van der Waals surface area contributed by atoms with Gasteiger partial charge in [0.05, 0.1) is 56.6 Å². The smallest absolute Gasteiger partial charge is 0.309 e. The second kappa shape index (κ2) is 15.1. The van der Waals surface area contributed by atoms with Gasteiger partial charge in [0.15, 0.2) is 0 Å². The van der Waals surface area contributed by atoms with E-state index in [0.29, 0.717) is 27.8 Å². The summed E-state index contributed by atoms with van der Waals surface area (Å²) in [6.07, 6.45) is -4.64. The summed E-state index contributed by atoms with van der Waals surface area (Å²) in [5, 5.41) is 25.1. The van der Waals surface area contributed by atoms with E-state index in [1.54, 1.807) is 6.07 Å². The topological polar surface area (TPSA) is 57.4 Å². The predicted molar refractivity (Wildman–Crippen MR) is 251 cm³/mol. The Balaban J connectivity index is 1.21. The van der Waals surface area contributed by atoms with Crippen LogP contribution >= 0.6 is 0 Å². The zero-order chi connectivity index (χ0) is 43.5. The maximum atomic E-state index is 14.1. The van der Waals surface area contributed by atoms with E-state index in [0.717, 1.165) is 89.4 Å². The number of nitrogens with zero attached hydrogens (tertiary/aromatic N) is 4. The third-order valence-electron chi connectivity index (χ3n) is 12.2. The van der Waals surface area contributed by atoms with Gasteiger partial charge in [-0.25, -0.2) is 0 Å². The molecule has 9 aromatic carbocycles. The van der Waals surface area contributed by atoms with Crippen LogP contribution in [0.1, 0.15) is 16.7 Å². The summed E-state index contributed by atoms with van der Waals surface area (Å²) in [5.74, 6) is 0. The molecule has 7 heteroatoms. The zero-order valence-corrected chi connectivity index (χ0v) is 34.0. The number of alkyl halides is 3. The Morgan fingerprint density at radius 2 is 0.922 bits per heavy atom. The standard InChI is InChI=1S/C57H33F3N4/c58-57(59,60)42-22-24-44(41(30-42)35-62)45-25-23-43(63-52-17-9-7-15-46(52)50-31-39(20-27-54(50)63)37-11-3-1-4-12-37)33-48(45)49-29-36(34-61)19-26-55(49)64-53-18-10-8-16-47(53)51-32-40(21-28-56(51)64)38-13-5-2-6-14-38/h1-33H. The van der Waals surface area contributed by atoms with Crippen LogP contribution in [0.2, 0.25) is 0 Å². The molecule has 11 rings (SSSR count). The highest BCUT2D eigenvalue weighted by Crippen LogP contribution is 2.44. The molecule has 0 unspecified atom stereocenters. The molecule has 11 aromatic rings. The maximum Gasteiger partial charge on any atom is 0.416 e. The highest BCUT2D eigenvalue weighted by Gasteiger charge is 2.32. The van der Waals surface area contributed by atoms with Crippen LogP contribution in [0.25, 0.3) is 99.5 Å². The van der Waals surface area contributed by atoms with E-state index in [1.807, 2.05) is 91.0 Å². The Morgan fingerprint density at radius 3 is 1.52 bits per heavy atom. The van der Waals surface area contributed by atoms with Gasteiger partial charge in [0.1, 0.15) is 0 Å². The minimum Gasteiger partial charge on any atom is -0.309 e. The average Bonchev–Trinajstić information content (AvgIpc) is 3.86. The highest BCUT2D eigenvalue weighted by atomic mass is 19.4. The molecular weight excluding hydrogens is 798 g/mol. The first kappa shape index (κ1) is 38.3. The lowest BCUT2D eigenvalue weighted by atomic mass is 9.89. The minimum atomic E-state index is -4.64. The lowest BCUT2D eigenvalue weighted by Crippen LogP contribution is -2.06. The van der Waals surface area contributed by atoms with E-state index in [9.17, 15) is 23.7 Å². The van der Waals surface area contributed by atoms with E-state index < -0.39 is 11.7 Å². The summed E-state index contributed by atoms with van der Waals surface area (Å²) in [4.78, 5) is 0. The van der Waals surface area contributed by atoms with Crippen molar-refractivity contribution in [2.24, 2.45) is 0 Å². The van der Waals surface area contributed by atoms with Crippen LogP contribution in [-0.2, 0) is 6.18 Å². The number of aromatic nitrogens is 2. The lowest BCUT2D eigenvalue weighted by molar-refractivity contribution is -0.137. The second-order valence-electron chi connectivity index (χ2n) is 15.8. The number of fused-ring (bicyclic) bond motifs is 6. The summed E-state index contributed by atoms with van der Waals surface area (Å²) < 4.78 is 46.7. The molecule has 0 amide bonds. The Kier molecular flexibility index (Phi) is 9.01. The van der Waals surface area contributed by atoms with Gasteiger partial charge in [0, 0.05) is 38.4 Å². The summed E-state index contributed by atoms with van der Waals surface area (Å²) in [5.41, 5.74) is 11.3. The first-order chi connectivity index (χ1) is 31.3. The molecule has 0 aliphatic rings. The number of benzene rings is 9. The molecule has 0 fully saturated rings. The maximum absolute atomic E-state index is 14.1. The normalized spacial score (nSPS) is 11.6. The quantitative estimate of drug-likeness (QED) is 0.168. The highest BCUT2D eigenvalue weighted by molar-refractivity contribution is 6.12. The molecule has 2 aromatic heterocycles. The fourth-order valence-electron chi connectivity index (χ4n) is 9.30. The summed E-state index contributed by atoms with van der Waals surface area (Å²) in [6.45, 7) is 0. The van der Waals surface area contributed by atoms with Gasteiger partial charge in [-0.1, -0.05) is 121 Å². The third-order valence-corrected chi connectivity index (χ3v) is 12.2. The number of para-hydroxylation sites is 2. The van der Waals surface area contributed by atoms with Crippen LogP contribution in [0.15, 0.2) is 200 Å². The van der Waals surface area contributed by atoms with E-state index >= 15 is 0 Å². The van der Waals surface area contributed by atoms with Crippen LogP contribution in [0.5, 0.6) is 0 Å². The first-order valence-corrected chi connectivity index (χ1v) is 20.8. The van der Waals surface area contributed by atoms with Gasteiger partial charge in [0.25, 0.3) is 0 Å². The predicted octanol–water partition coefficient (Wildman–Crippen LogP) is 15.3. The van der Waals surface area contributed by atoms with Gasteiger partial charge >= 0.3 is 6.18 Å². The van der Waals surface area contributed by atoms with Gasteiger partial charge in [-0.2, -0.15) is 23.7 Å². The number of hydrogen-bond acceptors (Lipinski definition) is 2. The molecule has 0 radical (unpaired) electrons. The molecule has 302 valence electrons. The van der Waals surface area contributed by atoms with Crippen molar-refractivity contribution < 1.29 is 13.2 Å². The molecule has 0 N–H and O–H groups in total. The zero-order valence-electron chi connectivity index (χ0n) is 34.0. The van der Waals surface area contributed by atoms with Gasteiger partial charge in [-0.3, -0.25) is 0 Å². The Morgan fingerprint density at radius 1 is 0.375 bits per heavy atom. The van der Waals surface area contributed by atoms with Crippen molar-refractivity contribution in [1.29, 1.82) is 10.5 Å². The summed E-state index contributed by atoms with van der Waals surface area (Å²) >= 11 is 0. The average molecular weight is 831 g/mol. The van der Waals surface area contributed by atoms with E-state index in [2.05, 4.69) is 106 Å². The Labute approximate surface area is 366 Å². The molecule has 0 aliphatic carbocycles. The molecule has 2 heterocycles. The fraction of sp³-hybridized carbons (Fsp3) is 0.0175. The van der Waals surface area contributed by atoms with Crippen molar-refractivity contribution >= 4 is 43.6 Å². The van der Waals surface area contributed by atoms with Gasteiger partial charge in [-0.15, -0.1) is 0 Å². The van der Waals surface area contributed by atoms with Crippen molar-refractivity contribution in [2.45, 2.75) is 6.18 Å². The van der Waals surface area contributed by atoms with Crippen LogP contribution < -0.4 is 0 Å². The molecule has 4 nitrogen and oxygen atoms in total. The number of rotatable bonds is 6. The van der Waals surface area contributed by atoms with Crippen LogP contribution in [0.4, 0.5) is 13.2 Å². The van der Waals surface area contributed by atoms with Crippen LogP contribution in [-0.4, -0.2) is 9.13 Å². The van der Waals surface area contributed by atoms with Crippen molar-refractivity contribution in [2.75, 3.05) is 0 Å². The Bertz CT molecular complexity index is 3730. The molecule has 0 aliphatic heterocycles. The van der Waals surface area contributed by atoms with E-state index in [4.69, 9.17) is 0 Å².